The highest BCUT2D eigenvalue weighted by atomic mass is 16.7. The first-order valence-electron chi connectivity index (χ1n) is 9.90. The van der Waals surface area contributed by atoms with E-state index in [1.54, 1.807) is 6.07 Å². The molecule has 0 radical (unpaired) electrons. The highest BCUT2D eigenvalue weighted by molar-refractivity contribution is 5.69. The number of allylic oxidation sites excluding steroid dienone is 1. The molecule has 2 aliphatic heterocycles. The maximum atomic E-state index is 10.5. The molecule has 3 rings (SSSR count). The van der Waals surface area contributed by atoms with Gasteiger partial charge in [0.15, 0.2) is 11.5 Å². The van der Waals surface area contributed by atoms with Gasteiger partial charge in [-0.25, -0.2) is 0 Å². The SMILES string of the molecule is CCC=CCCOC1=C(O)c2ccc(O[C@@H]3O[C@H](CO)[C@H](O)[C@H](O)[C@H]3O)cc2OC1. The van der Waals surface area contributed by atoms with Gasteiger partial charge in [0.2, 0.25) is 6.29 Å². The lowest BCUT2D eigenvalue weighted by molar-refractivity contribution is -0.277. The van der Waals surface area contributed by atoms with Crippen LogP contribution in [0.5, 0.6) is 11.5 Å². The zero-order valence-electron chi connectivity index (χ0n) is 16.7. The van der Waals surface area contributed by atoms with Gasteiger partial charge in [0.05, 0.1) is 18.8 Å². The zero-order valence-corrected chi connectivity index (χ0v) is 16.7. The summed E-state index contributed by atoms with van der Waals surface area (Å²) in [6.07, 6.45) is -1.15. The molecule has 0 aliphatic carbocycles. The Labute approximate surface area is 174 Å². The van der Waals surface area contributed by atoms with Crippen molar-refractivity contribution in [3.8, 4) is 11.5 Å². The minimum Gasteiger partial charge on any atom is -0.504 e. The second kappa shape index (κ2) is 10.1. The molecule has 1 saturated heterocycles. The molecule has 5 atom stereocenters. The van der Waals surface area contributed by atoms with Crippen LogP contribution in [0.1, 0.15) is 25.3 Å². The third-order valence-electron chi connectivity index (χ3n) is 4.89. The standard InChI is InChI=1S/C21H28O9/c1-2-3-4-5-8-27-16-11-28-14-9-12(6-7-13(14)17(16)23)29-21-20(26)19(25)18(24)15(10-22)30-21/h3-4,6-7,9,15,18-26H,2,5,8,10-11H2,1H3/t15-,18+,19+,20-,21-/m1/s1. The van der Waals surface area contributed by atoms with Crippen LogP contribution >= 0.6 is 0 Å². The predicted octanol–water partition coefficient (Wildman–Crippen LogP) is 0.857. The number of fused-ring (bicyclic) bond motifs is 1. The molecule has 30 heavy (non-hydrogen) atoms. The third kappa shape index (κ3) is 4.88. The number of hydrogen-bond acceptors (Lipinski definition) is 9. The topological polar surface area (TPSA) is 138 Å². The Hall–Kier alpha value is -2.30. The normalized spacial score (nSPS) is 28.9. The summed E-state index contributed by atoms with van der Waals surface area (Å²) in [5, 5.41) is 49.5. The zero-order chi connectivity index (χ0) is 21.7. The minimum atomic E-state index is -1.53. The van der Waals surface area contributed by atoms with Crippen molar-refractivity contribution in [3.63, 3.8) is 0 Å². The Morgan fingerprint density at radius 1 is 1.13 bits per heavy atom. The number of ether oxygens (including phenoxy) is 4. The quantitative estimate of drug-likeness (QED) is 0.304. The number of rotatable bonds is 8. The van der Waals surface area contributed by atoms with Crippen LogP contribution in [0.25, 0.3) is 5.76 Å². The lowest BCUT2D eigenvalue weighted by atomic mass is 9.99. The maximum absolute atomic E-state index is 10.5. The van der Waals surface area contributed by atoms with Gasteiger partial charge in [0.1, 0.15) is 42.5 Å². The van der Waals surface area contributed by atoms with Crippen LogP contribution in [0.15, 0.2) is 36.1 Å². The Morgan fingerprint density at radius 2 is 1.93 bits per heavy atom. The average molecular weight is 424 g/mol. The summed E-state index contributed by atoms with van der Waals surface area (Å²) < 4.78 is 22.2. The molecule has 166 valence electrons. The van der Waals surface area contributed by atoms with Gasteiger partial charge in [-0.1, -0.05) is 19.1 Å². The Kier molecular flexibility index (Phi) is 7.57. The van der Waals surface area contributed by atoms with Gasteiger partial charge in [0.25, 0.3) is 0 Å². The number of aliphatic hydroxyl groups excluding tert-OH is 5. The highest BCUT2D eigenvalue weighted by Gasteiger charge is 2.44. The van der Waals surface area contributed by atoms with Crippen molar-refractivity contribution in [2.45, 2.75) is 50.5 Å². The van der Waals surface area contributed by atoms with Gasteiger partial charge in [-0.05, 0) is 25.0 Å². The van der Waals surface area contributed by atoms with E-state index in [4.69, 9.17) is 18.9 Å². The summed E-state index contributed by atoms with van der Waals surface area (Å²) in [6.45, 7) is 1.98. The van der Waals surface area contributed by atoms with Crippen LogP contribution in [0.2, 0.25) is 0 Å². The number of hydrogen-bond donors (Lipinski definition) is 5. The molecule has 2 aliphatic rings. The van der Waals surface area contributed by atoms with Crippen molar-refractivity contribution in [3.05, 3.63) is 41.7 Å². The average Bonchev–Trinajstić information content (AvgIpc) is 2.75. The monoisotopic (exact) mass is 424 g/mol. The first-order valence-corrected chi connectivity index (χ1v) is 9.90. The third-order valence-corrected chi connectivity index (χ3v) is 4.89. The van der Waals surface area contributed by atoms with Crippen LogP contribution in [-0.2, 0) is 9.47 Å². The molecule has 2 heterocycles. The molecule has 1 aromatic rings. The van der Waals surface area contributed by atoms with Crippen molar-refractivity contribution in [1.82, 2.24) is 0 Å². The maximum Gasteiger partial charge on any atom is 0.229 e. The van der Waals surface area contributed by atoms with E-state index >= 15 is 0 Å². The van der Waals surface area contributed by atoms with E-state index in [2.05, 4.69) is 0 Å². The fraction of sp³-hybridized carbons (Fsp3) is 0.524. The first-order chi connectivity index (χ1) is 14.5. The van der Waals surface area contributed by atoms with Crippen LogP contribution in [-0.4, -0.2) is 76.1 Å². The van der Waals surface area contributed by atoms with Gasteiger partial charge < -0.3 is 44.5 Å². The first kappa shape index (κ1) is 22.4. The number of aliphatic hydroxyl groups is 5. The van der Waals surface area contributed by atoms with Crippen molar-refractivity contribution in [2.24, 2.45) is 0 Å². The van der Waals surface area contributed by atoms with Gasteiger partial charge in [-0.15, -0.1) is 0 Å². The minimum absolute atomic E-state index is 0.0184. The van der Waals surface area contributed by atoms with E-state index in [0.717, 1.165) is 12.8 Å². The Bertz CT molecular complexity index is 774. The van der Waals surface area contributed by atoms with E-state index in [9.17, 15) is 25.5 Å². The van der Waals surface area contributed by atoms with Crippen LogP contribution in [0.3, 0.4) is 0 Å². The molecular formula is C21H28O9. The fourth-order valence-corrected chi connectivity index (χ4v) is 3.20. The van der Waals surface area contributed by atoms with E-state index in [0.29, 0.717) is 23.7 Å². The van der Waals surface area contributed by atoms with Gasteiger partial charge >= 0.3 is 0 Å². The second-order valence-electron chi connectivity index (χ2n) is 7.05. The summed E-state index contributed by atoms with van der Waals surface area (Å²) in [6, 6.07) is 4.62. The molecule has 0 amide bonds. The summed E-state index contributed by atoms with van der Waals surface area (Å²) in [5.74, 6) is 0.929. The van der Waals surface area contributed by atoms with Crippen molar-refractivity contribution in [2.75, 3.05) is 19.8 Å². The second-order valence-corrected chi connectivity index (χ2v) is 7.05. The molecule has 5 N–H and O–H groups in total. The van der Waals surface area contributed by atoms with E-state index in [1.807, 2.05) is 19.1 Å². The van der Waals surface area contributed by atoms with Crippen LogP contribution in [0.4, 0.5) is 0 Å². The summed E-state index contributed by atoms with van der Waals surface area (Å²) in [7, 11) is 0. The lowest BCUT2D eigenvalue weighted by Gasteiger charge is -2.39. The predicted molar refractivity (Wildman–Crippen MR) is 106 cm³/mol. The molecule has 9 heteroatoms. The van der Waals surface area contributed by atoms with Gasteiger partial charge in [-0.3, -0.25) is 0 Å². The number of benzene rings is 1. The van der Waals surface area contributed by atoms with Crippen LogP contribution < -0.4 is 9.47 Å². The molecule has 0 spiro atoms. The molecule has 9 nitrogen and oxygen atoms in total. The van der Waals surface area contributed by atoms with Crippen molar-refractivity contribution < 1.29 is 44.5 Å². The van der Waals surface area contributed by atoms with E-state index < -0.39 is 37.3 Å². The molecule has 0 unspecified atom stereocenters. The van der Waals surface area contributed by atoms with Crippen molar-refractivity contribution >= 4 is 5.76 Å². The van der Waals surface area contributed by atoms with Crippen LogP contribution in [0, 0.1) is 0 Å². The van der Waals surface area contributed by atoms with E-state index in [-0.39, 0.29) is 18.1 Å². The summed E-state index contributed by atoms with van der Waals surface area (Å²) >= 11 is 0. The smallest absolute Gasteiger partial charge is 0.229 e. The lowest BCUT2D eigenvalue weighted by Crippen LogP contribution is -2.60. The van der Waals surface area contributed by atoms with E-state index in [1.165, 1.54) is 12.1 Å². The summed E-state index contributed by atoms with van der Waals surface area (Å²) in [5.41, 5.74) is 0.432. The Balaban J connectivity index is 1.68. The largest absolute Gasteiger partial charge is 0.504 e. The summed E-state index contributed by atoms with van der Waals surface area (Å²) in [4.78, 5) is 0. The molecule has 1 aromatic carbocycles. The molecule has 0 saturated carbocycles. The van der Waals surface area contributed by atoms with Gasteiger partial charge in [-0.2, -0.15) is 0 Å². The highest BCUT2D eigenvalue weighted by Crippen LogP contribution is 2.36. The molecular weight excluding hydrogens is 396 g/mol. The van der Waals surface area contributed by atoms with Gasteiger partial charge in [0, 0.05) is 6.07 Å². The fourth-order valence-electron chi connectivity index (χ4n) is 3.20. The molecule has 1 fully saturated rings. The molecule has 0 bridgehead atoms. The molecule has 0 aromatic heterocycles. The van der Waals surface area contributed by atoms with Crippen molar-refractivity contribution in [1.29, 1.82) is 0 Å². The Morgan fingerprint density at radius 3 is 2.67 bits per heavy atom.